The Kier molecular flexibility index (Phi) is 1.86. The van der Waals surface area contributed by atoms with Gasteiger partial charge in [-0.15, -0.1) is 0 Å². The first-order valence-electron chi connectivity index (χ1n) is 5.77. The highest BCUT2D eigenvalue weighted by molar-refractivity contribution is 5.68. The lowest BCUT2D eigenvalue weighted by atomic mass is 9.93. The number of rotatable bonds is 1. The van der Waals surface area contributed by atoms with Crippen molar-refractivity contribution >= 4 is 5.69 Å². The van der Waals surface area contributed by atoms with Crippen molar-refractivity contribution in [1.82, 2.24) is 0 Å². The molecule has 1 aliphatic heterocycles. The molecule has 1 heterocycles. The van der Waals surface area contributed by atoms with E-state index in [1.165, 1.54) is 0 Å². The Bertz CT molecular complexity index is 461. The molecule has 3 rings (SSSR count). The molecule has 1 nitrogen and oxygen atoms in total. The second-order valence-electron chi connectivity index (χ2n) is 4.99. The van der Waals surface area contributed by atoms with Crippen LogP contribution in [-0.4, -0.2) is 6.54 Å². The predicted molar refractivity (Wildman–Crippen MR) is 60.3 cm³/mol. The number of hydrogen-bond acceptors (Lipinski definition) is 1. The van der Waals surface area contributed by atoms with Crippen molar-refractivity contribution in [3.8, 4) is 0 Å². The van der Waals surface area contributed by atoms with E-state index in [1.807, 2.05) is 13.8 Å². The third-order valence-corrected chi connectivity index (χ3v) is 3.69. The first-order chi connectivity index (χ1) is 7.50. The molecule has 0 unspecified atom stereocenters. The molecule has 16 heavy (non-hydrogen) atoms. The summed E-state index contributed by atoms with van der Waals surface area (Å²) in [6.45, 7) is 3.50. The molecule has 0 aromatic heterocycles. The lowest BCUT2D eigenvalue weighted by molar-refractivity contribution is 0.0179. The van der Waals surface area contributed by atoms with E-state index < -0.39 is 5.92 Å². The SMILES string of the molecule is Cc1cc(C2CC2)c(C)c2c1NCC2(F)F. The second-order valence-corrected chi connectivity index (χ2v) is 4.99. The maximum absolute atomic E-state index is 13.8. The molecule has 1 aromatic carbocycles. The summed E-state index contributed by atoms with van der Waals surface area (Å²) >= 11 is 0. The van der Waals surface area contributed by atoms with Gasteiger partial charge in [0, 0.05) is 11.3 Å². The van der Waals surface area contributed by atoms with Gasteiger partial charge in [-0.3, -0.25) is 0 Å². The molecule has 1 aliphatic carbocycles. The van der Waals surface area contributed by atoms with Crippen LogP contribution in [0.25, 0.3) is 0 Å². The number of halogens is 2. The summed E-state index contributed by atoms with van der Waals surface area (Å²) in [5, 5.41) is 2.84. The zero-order valence-corrected chi connectivity index (χ0v) is 9.53. The average molecular weight is 223 g/mol. The summed E-state index contributed by atoms with van der Waals surface area (Å²) in [5.74, 6) is -2.17. The van der Waals surface area contributed by atoms with Gasteiger partial charge in [0.1, 0.15) is 0 Å². The molecule has 0 saturated heterocycles. The van der Waals surface area contributed by atoms with Gasteiger partial charge in [0.2, 0.25) is 0 Å². The zero-order valence-electron chi connectivity index (χ0n) is 9.53. The molecule has 0 spiro atoms. The van der Waals surface area contributed by atoms with Crippen LogP contribution in [0.1, 0.15) is 41.0 Å². The molecule has 1 N–H and O–H groups in total. The summed E-state index contributed by atoms with van der Waals surface area (Å²) in [5.41, 5.74) is 3.80. The Morgan fingerprint density at radius 3 is 2.62 bits per heavy atom. The second kappa shape index (κ2) is 2.96. The van der Waals surface area contributed by atoms with Crippen molar-refractivity contribution < 1.29 is 8.78 Å². The number of aryl methyl sites for hydroxylation is 1. The fourth-order valence-corrected chi connectivity index (χ4v) is 2.73. The molecule has 0 radical (unpaired) electrons. The van der Waals surface area contributed by atoms with Gasteiger partial charge in [0.05, 0.1) is 6.54 Å². The van der Waals surface area contributed by atoms with Crippen LogP contribution in [0.15, 0.2) is 6.07 Å². The standard InChI is InChI=1S/C13H15F2N/c1-7-5-10(9-3-4-9)8(2)11-12(7)16-6-13(11,14)15/h5,9,16H,3-4,6H2,1-2H3. The van der Waals surface area contributed by atoms with E-state index in [-0.39, 0.29) is 12.1 Å². The molecule has 3 heteroatoms. The van der Waals surface area contributed by atoms with Gasteiger partial charge in [-0.25, -0.2) is 0 Å². The van der Waals surface area contributed by atoms with Gasteiger partial charge >= 0.3 is 0 Å². The highest BCUT2D eigenvalue weighted by Crippen LogP contribution is 2.49. The van der Waals surface area contributed by atoms with Crippen molar-refractivity contribution in [3.05, 3.63) is 28.3 Å². The number of nitrogens with one attached hydrogen (secondary N) is 1. The predicted octanol–water partition coefficient (Wildman–Crippen LogP) is 3.70. The van der Waals surface area contributed by atoms with E-state index in [0.717, 1.165) is 29.5 Å². The van der Waals surface area contributed by atoms with Crippen molar-refractivity contribution in [2.24, 2.45) is 0 Å². The molecule has 1 aromatic rings. The summed E-state index contributed by atoms with van der Waals surface area (Å²) < 4.78 is 27.6. The van der Waals surface area contributed by atoms with E-state index in [4.69, 9.17) is 0 Å². The maximum Gasteiger partial charge on any atom is 0.292 e. The molecule has 0 amide bonds. The number of fused-ring (bicyclic) bond motifs is 1. The molecule has 0 atom stereocenters. The van der Waals surface area contributed by atoms with Crippen LogP contribution >= 0.6 is 0 Å². The van der Waals surface area contributed by atoms with Gasteiger partial charge in [0.15, 0.2) is 0 Å². The molecule has 0 bridgehead atoms. The Hall–Kier alpha value is -1.12. The van der Waals surface area contributed by atoms with Gasteiger partial charge in [-0.05, 0) is 49.3 Å². The molecular weight excluding hydrogens is 208 g/mol. The number of benzene rings is 1. The largest absolute Gasteiger partial charge is 0.378 e. The molecule has 1 saturated carbocycles. The Labute approximate surface area is 93.9 Å². The van der Waals surface area contributed by atoms with Crippen molar-refractivity contribution in [3.63, 3.8) is 0 Å². The fourth-order valence-electron chi connectivity index (χ4n) is 2.73. The lowest BCUT2D eigenvalue weighted by Crippen LogP contribution is -2.16. The first kappa shape index (κ1) is 10.1. The molecule has 2 aliphatic rings. The zero-order chi connectivity index (χ0) is 11.5. The van der Waals surface area contributed by atoms with Gasteiger partial charge in [-0.1, -0.05) is 6.07 Å². The fraction of sp³-hybridized carbons (Fsp3) is 0.538. The van der Waals surface area contributed by atoms with Crippen LogP contribution in [0.3, 0.4) is 0 Å². The van der Waals surface area contributed by atoms with Crippen LogP contribution in [-0.2, 0) is 5.92 Å². The van der Waals surface area contributed by atoms with Crippen molar-refractivity contribution in [2.75, 3.05) is 11.9 Å². The van der Waals surface area contributed by atoms with Crippen LogP contribution in [0.4, 0.5) is 14.5 Å². The molecular formula is C13H15F2N. The number of alkyl halides is 2. The van der Waals surface area contributed by atoms with E-state index >= 15 is 0 Å². The van der Waals surface area contributed by atoms with Crippen LogP contribution < -0.4 is 5.32 Å². The summed E-state index contributed by atoms with van der Waals surface area (Å²) in [6.07, 6.45) is 2.30. The summed E-state index contributed by atoms with van der Waals surface area (Å²) in [7, 11) is 0. The topological polar surface area (TPSA) is 12.0 Å². The normalized spacial score (nSPS) is 21.8. The monoisotopic (exact) mass is 223 g/mol. The Morgan fingerprint density at radius 2 is 2.00 bits per heavy atom. The molecule has 86 valence electrons. The van der Waals surface area contributed by atoms with Gasteiger partial charge in [0.25, 0.3) is 5.92 Å². The maximum atomic E-state index is 13.8. The Balaban J connectivity index is 2.24. The van der Waals surface area contributed by atoms with Gasteiger partial charge < -0.3 is 5.32 Å². The average Bonchev–Trinajstić information content (AvgIpc) is 2.97. The summed E-state index contributed by atoms with van der Waals surface area (Å²) in [4.78, 5) is 0. The lowest BCUT2D eigenvalue weighted by Gasteiger charge is -2.16. The van der Waals surface area contributed by atoms with E-state index in [0.29, 0.717) is 11.6 Å². The first-order valence-corrected chi connectivity index (χ1v) is 5.77. The van der Waals surface area contributed by atoms with E-state index in [9.17, 15) is 8.78 Å². The smallest absolute Gasteiger partial charge is 0.292 e. The number of hydrogen-bond donors (Lipinski definition) is 1. The minimum absolute atomic E-state index is 0.245. The van der Waals surface area contributed by atoms with Crippen LogP contribution in [0, 0.1) is 13.8 Å². The highest BCUT2D eigenvalue weighted by Gasteiger charge is 2.43. The summed E-state index contributed by atoms with van der Waals surface area (Å²) in [6, 6.07) is 2.08. The van der Waals surface area contributed by atoms with E-state index in [1.54, 1.807) is 0 Å². The van der Waals surface area contributed by atoms with E-state index in [2.05, 4.69) is 11.4 Å². The van der Waals surface area contributed by atoms with Gasteiger partial charge in [-0.2, -0.15) is 8.78 Å². The minimum Gasteiger partial charge on any atom is -0.378 e. The highest BCUT2D eigenvalue weighted by atomic mass is 19.3. The molecule has 1 fully saturated rings. The minimum atomic E-state index is -2.70. The quantitative estimate of drug-likeness (QED) is 0.765. The third-order valence-electron chi connectivity index (χ3n) is 3.69. The van der Waals surface area contributed by atoms with Crippen LogP contribution in [0.2, 0.25) is 0 Å². The number of anilines is 1. The Morgan fingerprint density at radius 1 is 1.31 bits per heavy atom. The van der Waals surface area contributed by atoms with Crippen molar-refractivity contribution in [1.29, 1.82) is 0 Å². The van der Waals surface area contributed by atoms with Crippen molar-refractivity contribution in [2.45, 2.75) is 38.5 Å². The third kappa shape index (κ3) is 1.27. The van der Waals surface area contributed by atoms with Crippen LogP contribution in [0.5, 0.6) is 0 Å².